The number of para-hydroxylation sites is 1. The predicted molar refractivity (Wildman–Crippen MR) is 148 cm³/mol. The van der Waals surface area contributed by atoms with E-state index in [1.165, 1.54) is 24.3 Å². The summed E-state index contributed by atoms with van der Waals surface area (Å²) in [4.78, 5) is 1.61. The number of nitrogens with zero attached hydrogens (tertiary/aromatic N) is 1. The fourth-order valence-corrected chi connectivity index (χ4v) is 4.59. The molecule has 11 heteroatoms. The molecule has 0 amide bonds. The summed E-state index contributed by atoms with van der Waals surface area (Å²) >= 11 is 6.27. The van der Waals surface area contributed by atoms with E-state index in [0.717, 1.165) is 23.8 Å². The molecule has 42 heavy (non-hydrogen) atoms. The van der Waals surface area contributed by atoms with Crippen molar-refractivity contribution in [3.8, 4) is 11.5 Å². The summed E-state index contributed by atoms with van der Waals surface area (Å²) < 4.78 is 88.9. The molecule has 0 spiro atoms. The summed E-state index contributed by atoms with van der Waals surface area (Å²) in [5.41, 5.74) is 0.902. The van der Waals surface area contributed by atoms with E-state index in [-0.39, 0.29) is 17.7 Å². The van der Waals surface area contributed by atoms with Gasteiger partial charge in [-0.05, 0) is 72.1 Å². The van der Waals surface area contributed by atoms with E-state index in [1.54, 1.807) is 59.5 Å². The maximum atomic E-state index is 13.1. The number of hydrogen-bond donors (Lipinski definition) is 1. The van der Waals surface area contributed by atoms with Gasteiger partial charge in [-0.3, -0.25) is 0 Å². The van der Waals surface area contributed by atoms with Crippen molar-refractivity contribution in [1.82, 2.24) is 0 Å². The minimum atomic E-state index is -4.93. The molecule has 0 aliphatic rings. The van der Waals surface area contributed by atoms with Crippen molar-refractivity contribution >= 4 is 17.3 Å². The summed E-state index contributed by atoms with van der Waals surface area (Å²) in [7, 11) is 0. The summed E-state index contributed by atoms with van der Waals surface area (Å²) in [6, 6.07) is 22.9. The zero-order chi connectivity index (χ0) is 30.5. The van der Waals surface area contributed by atoms with Crippen LogP contribution in [0.5, 0.6) is 11.5 Å². The first-order chi connectivity index (χ1) is 19.8. The van der Waals surface area contributed by atoms with Gasteiger partial charge in [0.05, 0.1) is 18.2 Å². The van der Waals surface area contributed by atoms with Gasteiger partial charge in [-0.15, -0.1) is 13.2 Å². The van der Waals surface area contributed by atoms with Crippen molar-refractivity contribution in [3.05, 3.63) is 124 Å². The number of ether oxygens (including phenoxy) is 2. The minimum absolute atomic E-state index is 0.196. The van der Waals surface area contributed by atoms with Gasteiger partial charge in [0, 0.05) is 16.3 Å². The molecule has 4 aromatic rings. The van der Waals surface area contributed by atoms with Crippen LogP contribution in [0.25, 0.3) is 0 Å². The van der Waals surface area contributed by atoms with E-state index < -0.39 is 36.2 Å². The number of hydrogen-bond acceptors (Lipinski definition) is 4. The fourth-order valence-electron chi connectivity index (χ4n) is 4.34. The van der Waals surface area contributed by atoms with Gasteiger partial charge in [-0.1, -0.05) is 61.0 Å². The standard InChI is InChI=1S/C31H26ClF6NO3/c1-2-20-17-25(15-16-27(20)32)41-29(22-7-6-10-26(18-22)42-31(36,37)38)39(24-8-4-3-5-9-24)19-28(40)21-11-13-23(14-12-21)30(33,34)35/h3-18,28-29,40H,2,19H2,1H3. The first kappa shape index (κ1) is 31.1. The molecule has 0 aromatic heterocycles. The Morgan fingerprint density at radius 1 is 0.786 bits per heavy atom. The largest absolute Gasteiger partial charge is 0.573 e. The quantitative estimate of drug-likeness (QED) is 0.144. The Balaban J connectivity index is 1.78. The highest BCUT2D eigenvalue weighted by Gasteiger charge is 2.33. The van der Waals surface area contributed by atoms with Crippen LogP contribution >= 0.6 is 11.6 Å². The van der Waals surface area contributed by atoms with Crippen LogP contribution in [-0.2, 0) is 12.6 Å². The van der Waals surface area contributed by atoms with Crippen molar-refractivity contribution in [1.29, 1.82) is 0 Å². The molecule has 2 atom stereocenters. The topological polar surface area (TPSA) is 41.9 Å². The highest BCUT2D eigenvalue weighted by atomic mass is 35.5. The molecule has 222 valence electrons. The molecule has 0 radical (unpaired) electrons. The minimum Gasteiger partial charge on any atom is -0.466 e. The third-order valence-corrected chi connectivity index (χ3v) is 6.75. The molecule has 0 bridgehead atoms. The number of alkyl halides is 6. The number of anilines is 1. The Hall–Kier alpha value is -3.89. The third-order valence-electron chi connectivity index (χ3n) is 6.39. The molecular weight excluding hydrogens is 584 g/mol. The number of rotatable bonds is 10. The summed E-state index contributed by atoms with van der Waals surface area (Å²) in [6.07, 6.45) is -11.3. The van der Waals surface area contributed by atoms with Crippen LogP contribution < -0.4 is 14.4 Å². The lowest BCUT2D eigenvalue weighted by Gasteiger charge is -2.36. The van der Waals surface area contributed by atoms with E-state index in [4.69, 9.17) is 16.3 Å². The lowest BCUT2D eigenvalue weighted by molar-refractivity contribution is -0.274. The Morgan fingerprint density at radius 2 is 1.48 bits per heavy atom. The van der Waals surface area contributed by atoms with Crippen LogP contribution in [0.15, 0.2) is 97.1 Å². The smallest absolute Gasteiger partial charge is 0.466 e. The highest BCUT2D eigenvalue weighted by Crippen LogP contribution is 2.36. The second-order valence-electron chi connectivity index (χ2n) is 9.32. The van der Waals surface area contributed by atoms with E-state index in [2.05, 4.69) is 4.74 Å². The zero-order valence-electron chi connectivity index (χ0n) is 22.2. The molecule has 1 N–H and O–H groups in total. The molecule has 0 saturated heterocycles. The first-order valence-electron chi connectivity index (χ1n) is 12.8. The average Bonchev–Trinajstić information content (AvgIpc) is 2.95. The van der Waals surface area contributed by atoms with Gasteiger partial charge in [-0.25, -0.2) is 0 Å². The van der Waals surface area contributed by atoms with Gasteiger partial charge in [-0.2, -0.15) is 13.2 Å². The highest BCUT2D eigenvalue weighted by molar-refractivity contribution is 6.31. The van der Waals surface area contributed by atoms with Gasteiger partial charge in [0.15, 0.2) is 6.23 Å². The van der Waals surface area contributed by atoms with Crippen molar-refractivity contribution in [2.24, 2.45) is 0 Å². The van der Waals surface area contributed by atoms with Gasteiger partial charge in [0.1, 0.15) is 11.5 Å². The zero-order valence-corrected chi connectivity index (χ0v) is 22.9. The molecule has 4 rings (SSSR count). The van der Waals surface area contributed by atoms with E-state index in [9.17, 15) is 31.4 Å². The Kier molecular flexibility index (Phi) is 9.58. The lowest BCUT2D eigenvalue weighted by Crippen LogP contribution is -2.36. The molecule has 2 unspecified atom stereocenters. The second kappa shape index (κ2) is 13.0. The molecule has 4 nitrogen and oxygen atoms in total. The van der Waals surface area contributed by atoms with Gasteiger partial charge in [0.25, 0.3) is 0 Å². The van der Waals surface area contributed by atoms with E-state index in [0.29, 0.717) is 22.9 Å². The van der Waals surface area contributed by atoms with Crippen LogP contribution in [0.4, 0.5) is 32.0 Å². The maximum Gasteiger partial charge on any atom is 0.573 e. The van der Waals surface area contributed by atoms with Crippen molar-refractivity contribution in [2.45, 2.75) is 38.2 Å². The van der Waals surface area contributed by atoms with Gasteiger partial charge < -0.3 is 19.5 Å². The molecule has 0 heterocycles. The Labute approximate surface area is 243 Å². The van der Waals surface area contributed by atoms with Crippen molar-refractivity contribution in [3.63, 3.8) is 0 Å². The van der Waals surface area contributed by atoms with E-state index in [1.807, 2.05) is 6.92 Å². The first-order valence-corrected chi connectivity index (χ1v) is 13.2. The maximum absolute atomic E-state index is 13.1. The van der Waals surface area contributed by atoms with E-state index >= 15 is 0 Å². The van der Waals surface area contributed by atoms with Gasteiger partial charge in [0.2, 0.25) is 0 Å². The summed E-state index contributed by atoms with van der Waals surface area (Å²) in [5, 5.41) is 11.7. The average molecular weight is 610 g/mol. The molecular formula is C31H26ClF6NO3. The van der Waals surface area contributed by atoms with Crippen molar-refractivity contribution < 1.29 is 40.9 Å². The van der Waals surface area contributed by atoms with Gasteiger partial charge >= 0.3 is 12.5 Å². The van der Waals surface area contributed by atoms with Crippen LogP contribution in [0.3, 0.4) is 0 Å². The van der Waals surface area contributed by atoms with Crippen LogP contribution in [0.2, 0.25) is 5.02 Å². The molecule has 0 saturated carbocycles. The number of aryl methyl sites for hydroxylation is 1. The van der Waals surface area contributed by atoms with Crippen molar-refractivity contribution in [2.75, 3.05) is 11.4 Å². The number of benzene rings is 4. The molecule has 0 aliphatic heterocycles. The SMILES string of the molecule is CCc1cc(OC(c2cccc(OC(F)(F)F)c2)N(CC(O)c2ccc(C(F)(F)F)cc2)c2ccccc2)ccc1Cl. The second-order valence-corrected chi connectivity index (χ2v) is 9.73. The Morgan fingerprint density at radius 3 is 2.10 bits per heavy atom. The fraction of sp³-hybridized carbons (Fsp3) is 0.226. The monoisotopic (exact) mass is 609 g/mol. The molecule has 0 aliphatic carbocycles. The number of halogens is 7. The van der Waals surface area contributed by atoms with Crippen LogP contribution in [0.1, 0.15) is 41.5 Å². The summed E-state index contributed by atoms with van der Waals surface area (Å²) in [6.45, 7) is 1.70. The normalized spacial score (nSPS) is 13.4. The molecule has 4 aromatic carbocycles. The summed E-state index contributed by atoms with van der Waals surface area (Å²) in [5.74, 6) is -0.122. The van der Waals surface area contributed by atoms with Crippen LogP contribution in [0, 0.1) is 0 Å². The lowest BCUT2D eigenvalue weighted by atomic mass is 10.0. The number of aliphatic hydroxyl groups is 1. The number of aliphatic hydroxyl groups excluding tert-OH is 1. The third kappa shape index (κ3) is 8.10. The molecule has 0 fully saturated rings. The predicted octanol–water partition coefficient (Wildman–Crippen LogP) is 9.14. The Bertz CT molecular complexity index is 1460. The van der Waals surface area contributed by atoms with Crippen LogP contribution in [-0.4, -0.2) is 18.0 Å².